The van der Waals surface area contributed by atoms with Gasteiger partial charge in [-0.25, -0.2) is 0 Å². The Balaban J connectivity index is 0.000000140. The van der Waals surface area contributed by atoms with Crippen molar-refractivity contribution in [1.82, 2.24) is 0 Å². The van der Waals surface area contributed by atoms with Crippen LogP contribution in [0.2, 0.25) is 0 Å². The molecule has 0 bridgehead atoms. The molecule has 0 fully saturated rings. The second kappa shape index (κ2) is 5.98. The van der Waals surface area contributed by atoms with Crippen LogP contribution in [-0.2, 0) is 0 Å². The number of hydrogen-bond donors (Lipinski definition) is 0. The van der Waals surface area contributed by atoms with Gasteiger partial charge in [-0.15, -0.1) is 0 Å². The number of rotatable bonds is 0. The SMILES string of the molecule is CC=C1C=CC=C1.CC=C1C=CC=C1. The monoisotopic (exact) mass is 184 g/mol. The topological polar surface area (TPSA) is 0 Å². The lowest BCUT2D eigenvalue weighted by molar-refractivity contribution is 1.64. The Bertz CT molecular complexity index is 280. The molecular weight excluding hydrogens is 168 g/mol. The molecule has 0 aliphatic heterocycles. The Hall–Kier alpha value is -1.56. The minimum Gasteiger partial charge on any atom is -0.0804 e. The highest BCUT2D eigenvalue weighted by molar-refractivity contribution is 5.39. The van der Waals surface area contributed by atoms with Crippen molar-refractivity contribution < 1.29 is 0 Å². The summed E-state index contributed by atoms with van der Waals surface area (Å²) in [6.07, 6.45) is 20.6. The number of hydrogen-bond acceptors (Lipinski definition) is 0. The Labute approximate surface area is 86.3 Å². The van der Waals surface area contributed by atoms with Crippen LogP contribution in [0, 0.1) is 0 Å². The maximum absolute atomic E-state index is 2.08. The third kappa shape index (κ3) is 3.44. The molecule has 0 heteroatoms. The maximum Gasteiger partial charge on any atom is -0.0299 e. The summed E-state index contributed by atoms with van der Waals surface area (Å²) in [5.41, 5.74) is 2.61. The lowest BCUT2D eigenvalue weighted by atomic mass is 10.3. The molecule has 2 aliphatic carbocycles. The smallest absolute Gasteiger partial charge is 0.0299 e. The largest absolute Gasteiger partial charge is 0.0804 e. The highest BCUT2D eigenvalue weighted by Gasteiger charge is 1.84. The van der Waals surface area contributed by atoms with Gasteiger partial charge in [0.25, 0.3) is 0 Å². The predicted molar refractivity (Wildman–Crippen MR) is 64.1 cm³/mol. The molecule has 0 radical (unpaired) electrons. The molecular formula is C14H16. The molecule has 0 aromatic carbocycles. The first-order valence-electron chi connectivity index (χ1n) is 4.89. The predicted octanol–water partition coefficient (Wildman–Crippen LogP) is 4.12. The molecule has 14 heavy (non-hydrogen) atoms. The third-order valence-corrected chi connectivity index (χ3v) is 2.04. The molecule has 0 aromatic rings. The van der Waals surface area contributed by atoms with E-state index in [0.717, 1.165) is 0 Å². The molecule has 0 saturated heterocycles. The average Bonchev–Trinajstić information content (AvgIpc) is 2.92. The van der Waals surface area contributed by atoms with Crippen LogP contribution in [0.5, 0.6) is 0 Å². The van der Waals surface area contributed by atoms with Gasteiger partial charge in [0.15, 0.2) is 0 Å². The van der Waals surface area contributed by atoms with E-state index < -0.39 is 0 Å². The lowest BCUT2D eigenvalue weighted by Gasteiger charge is -1.78. The van der Waals surface area contributed by atoms with E-state index in [9.17, 15) is 0 Å². The van der Waals surface area contributed by atoms with Crippen LogP contribution in [0.25, 0.3) is 0 Å². The molecule has 0 aromatic heterocycles. The lowest BCUT2D eigenvalue weighted by Crippen LogP contribution is -1.57. The Morgan fingerprint density at radius 3 is 1.07 bits per heavy atom. The van der Waals surface area contributed by atoms with E-state index in [4.69, 9.17) is 0 Å². The molecule has 0 unspecified atom stereocenters. The van der Waals surface area contributed by atoms with Crippen LogP contribution < -0.4 is 0 Å². The molecule has 0 saturated carbocycles. The Morgan fingerprint density at radius 1 is 0.643 bits per heavy atom. The standard InChI is InChI=1S/2C7H8/c2*1-2-7-5-3-4-6-7/h2*2-6H,1H3. The summed E-state index contributed by atoms with van der Waals surface area (Å²) in [5, 5.41) is 0. The zero-order valence-electron chi connectivity index (χ0n) is 8.77. The fourth-order valence-corrected chi connectivity index (χ4v) is 1.16. The van der Waals surface area contributed by atoms with Gasteiger partial charge in [-0.05, 0) is 25.0 Å². The highest BCUT2D eigenvalue weighted by Crippen LogP contribution is 2.05. The average molecular weight is 184 g/mol. The summed E-state index contributed by atoms with van der Waals surface area (Å²) < 4.78 is 0. The summed E-state index contributed by atoms with van der Waals surface area (Å²) in [6.45, 7) is 4.07. The van der Waals surface area contributed by atoms with Crippen molar-refractivity contribution in [2.24, 2.45) is 0 Å². The minimum atomic E-state index is 1.31. The third-order valence-electron chi connectivity index (χ3n) is 2.04. The van der Waals surface area contributed by atoms with Gasteiger partial charge in [-0.2, -0.15) is 0 Å². The first-order chi connectivity index (χ1) is 6.86. The quantitative estimate of drug-likeness (QED) is 0.531. The molecule has 0 N–H and O–H groups in total. The van der Waals surface area contributed by atoms with Gasteiger partial charge >= 0.3 is 0 Å². The summed E-state index contributed by atoms with van der Waals surface area (Å²) in [5.74, 6) is 0. The van der Waals surface area contributed by atoms with E-state index in [1.165, 1.54) is 11.1 Å². The van der Waals surface area contributed by atoms with Crippen molar-refractivity contribution in [3.8, 4) is 0 Å². The molecule has 0 heterocycles. The molecule has 2 rings (SSSR count). The summed E-state index contributed by atoms with van der Waals surface area (Å²) in [6, 6.07) is 0. The van der Waals surface area contributed by atoms with Gasteiger partial charge in [0, 0.05) is 0 Å². The fourth-order valence-electron chi connectivity index (χ4n) is 1.16. The first-order valence-corrected chi connectivity index (χ1v) is 4.89. The molecule has 2 aliphatic rings. The molecule has 0 spiro atoms. The summed E-state index contributed by atoms with van der Waals surface area (Å²) in [4.78, 5) is 0. The first kappa shape index (κ1) is 10.5. The second-order valence-corrected chi connectivity index (χ2v) is 3.01. The van der Waals surface area contributed by atoms with Gasteiger partial charge in [0.2, 0.25) is 0 Å². The molecule has 0 atom stereocenters. The zero-order valence-corrected chi connectivity index (χ0v) is 8.77. The van der Waals surface area contributed by atoms with Gasteiger partial charge in [0.05, 0.1) is 0 Å². The van der Waals surface area contributed by atoms with Crippen LogP contribution >= 0.6 is 0 Å². The van der Waals surface area contributed by atoms with E-state index in [-0.39, 0.29) is 0 Å². The van der Waals surface area contributed by atoms with Crippen LogP contribution in [-0.4, -0.2) is 0 Å². The van der Waals surface area contributed by atoms with E-state index in [1.807, 2.05) is 38.2 Å². The Morgan fingerprint density at radius 2 is 0.929 bits per heavy atom. The van der Waals surface area contributed by atoms with Crippen molar-refractivity contribution >= 4 is 0 Å². The molecule has 0 amide bonds. The number of allylic oxidation sites excluding steroid dienone is 12. The van der Waals surface area contributed by atoms with Crippen LogP contribution in [0.4, 0.5) is 0 Å². The van der Waals surface area contributed by atoms with Gasteiger partial charge in [-0.3, -0.25) is 0 Å². The van der Waals surface area contributed by atoms with Crippen LogP contribution in [0.3, 0.4) is 0 Å². The zero-order chi connectivity index (χ0) is 10.2. The van der Waals surface area contributed by atoms with Gasteiger partial charge in [-0.1, -0.05) is 60.8 Å². The van der Waals surface area contributed by atoms with E-state index >= 15 is 0 Å². The summed E-state index contributed by atoms with van der Waals surface area (Å²) in [7, 11) is 0. The maximum atomic E-state index is 2.08. The van der Waals surface area contributed by atoms with Crippen molar-refractivity contribution in [2.75, 3.05) is 0 Å². The van der Waals surface area contributed by atoms with Crippen molar-refractivity contribution in [3.63, 3.8) is 0 Å². The van der Waals surface area contributed by atoms with Crippen LogP contribution in [0.15, 0.2) is 71.9 Å². The highest BCUT2D eigenvalue weighted by atomic mass is 13.9. The second-order valence-electron chi connectivity index (χ2n) is 3.01. The van der Waals surface area contributed by atoms with Crippen molar-refractivity contribution in [2.45, 2.75) is 13.8 Å². The van der Waals surface area contributed by atoms with Gasteiger partial charge in [0.1, 0.15) is 0 Å². The molecule has 72 valence electrons. The van der Waals surface area contributed by atoms with Crippen LogP contribution in [0.1, 0.15) is 13.8 Å². The Kier molecular flexibility index (Phi) is 4.49. The van der Waals surface area contributed by atoms with Gasteiger partial charge < -0.3 is 0 Å². The van der Waals surface area contributed by atoms with Crippen molar-refractivity contribution in [1.29, 1.82) is 0 Å². The molecule has 0 nitrogen and oxygen atoms in total. The fraction of sp³-hybridized carbons (Fsp3) is 0.143. The van der Waals surface area contributed by atoms with Crippen molar-refractivity contribution in [3.05, 3.63) is 71.9 Å². The minimum absolute atomic E-state index is 1.31. The van der Waals surface area contributed by atoms with E-state index in [1.54, 1.807) is 0 Å². The van der Waals surface area contributed by atoms with E-state index in [0.29, 0.717) is 0 Å². The van der Waals surface area contributed by atoms with E-state index in [2.05, 4.69) is 36.5 Å². The summed E-state index contributed by atoms with van der Waals surface area (Å²) >= 11 is 0. The normalized spacial score (nSPS) is 15.9.